The van der Waals surface area contributed by atoms with Crippen LogP contribution in [0.15, 0.2) is 178 Å². The maximum atomic E-state index is 14.5. The zero-order chi connectivity index (χ0) is 57.3. The number of hydrogen-bond acceptors (Lipinski definition) is 9. The summed E-state index contributed by atoms with van der Waals surface area (Å²) in [5.41, 5.74) is 11.1. The molecule has 0 fully saturated rings. The summed E-state index contributed by atoms with van der Waals surface area (Å²) in [6.07, 6.45) is 0.880. The average molecular weight is 1160 g/mol. The number of nitrogens with one attached hydrogen (secondary N) is 2. The van der Waals surface area contributed by atoms with E-state index < -0.39 is 0 Å². The Hall–Kier alpha value is -8.82. The highest BCUT2D eigenvalue weighted by atomic mass is 35.5. The minimum atomic E-state index is -0.298. The quantitative estimate of drug-likeness (QED) is 0.0672. The number of benzene rings is 10. The highest BCUT2D eigenvalue weighted by molar-refractivity contribution is 6.33. The Kier molecular flexibility index (Phi) is 13.9. The highest BCUT2D eigenvalue weighted by Gasteiger charge is 2.37. The van der Waals surface area contributed by atoms with Gasteiger partial charge in [-0.3, -0.25) is 4.79 Å². The van der Waals surface area contributed by atoms with Crippen LogP contribution in [-0.4, -0.2) is 57.6 Å². The van der Waals surface area contributed by atoms with Crippen LogP contribution in [0.5, 0.6) is 11.5 Å². The average Bonchev–Trinajstić information content (AvgIpc) is 2.65. The van der Waals surface area contributed by atoms with Gasteiger partial charge in [0.25, 0.3) is 5.91 Å². The van der Waals surface area contributed by atoms with Gasteiger partial charge >= 0.3 is 6.41 Å². The second-order valence-corrected chi connectivity index (χ2v) is 22.0. The van der Waals surface area contributed by atoms with E-state index in [2.05, 4.69) is 9.97 Å². The van der Waals surface area contributed by atoms with Crippen LogP contribution in [0, 0.1) is 13.8 Å². The zero-order valence-corrected chi connectivity index (χ0v) is 48.4. The number of methoxy groups -OCH3 is 2. The molecule has 1 atom stereocenters. The number of quaternary nitrogens is 1. The third-order valence-electron chi connectivity index (χ3n) is 15.4. The maximum absolute atomic E-state index is 14.5. The number of H-pyrrole nitrogens is 2. The van der Waals surface area contributed by atoms with Crippen LogP contribution in [0.25, 0.3) is 65.2 Å². The van der Waals surface area contributed by atoms with E-state index in [1.54, 1.807) is 31.2 Å². The molecule has 0 saturated carbocycles. The fraction of sp³-hybridized carbons (Fsp3) is 0.108. The van der Waals surface area contributed by atoms with Crippen molar-refractivity contribution in [1.29, 1.82) is 0 Å². The molecule has 0 bridgehead atoms. The maximum Gasteiger partial charge on any atom is 0.311 e. The number of nitrogens with zero attached hydrogens (tertiary/aromatic N) is 7. The molecule has 0 radical (unpaired) electrons. The largest absolute Gasteiger partial charge is 0.494 e. The van der Waals surface area contributed by atoms with Gasteiger partial charge in [0.1, 0.15) is 17.1 Å². The van der Waals surface area contributed by atoms with Gasteiger partial charge in [-0.2, -0.15) is 14.7 Å². The van der Waals surface area contributed by atoms with Crippen molar-refractivity contribution in [2.24, 2.45) is 20.5 Å². The molecular formula is C65H50Cl4N9O4+. The Labute approximate surface area is 491 Å². The first-order valence-electron chi connectivity index (χ1n) is 26.0. The van der Waals surface area contributed by atoms with E-state index in [9.17, 15) is 9.59 Å². The first-order chi connectivity index (χ1) is 39.6. The molecule has 10 aromatic carbocycles. The number of anilines is 3. The number of carbonyl (C=O) groups is 2. The van der Waals surface area contributed by atoms with Gasteiger partial charge in [0.15, 0.2) is 11.4 Å². The Morgan fingerprint density at radius 1 is 0.524 bits per heavy atom. The zero-order valence-electron chi connectivity index (χ0n) is 45.4. The summed E-state index contributed by atoms with van der Waals surface area (Å²) >= 11 is 25.7. The summed E-state index contributed by atoms with van der Waals surface area (Å²) in [5.74, 6) is 0.352. The fourth-order valence-electron chi connectivity index (χ4n) is 11.2. The summed E-state index contributed by atoms with van der Waals surface area (Å²) in [5, 5.41) is 28.7. The van der Waals surface area contributed by atoms with Gasteiger partial charge in [0.05, 0.1) is 49.2 Å². The van der Waals surface area contributed by atoms with Gasteiger partial charge < -0.3 is 29.2 Å². The Morgan fingerprint density at radius 3 is 1.50 bits per heavy atom. The Balaban J connectivity index is 0.880. The topological polar surface area (TPSA) is 140 Å². The molecule has 0 aliphatic carbocycles. The molecule has 0 aliphatic heterocycles. The molecule has 12 aromatic rings. The van der Waals surface area contributed by atoms with Gasteiger partial charge in [0, 0.05) is 112 Å². The van der Waals surface area contributed by atoms with E-state index in [0.29, 0.717) is 65.5 Å². The van der Waals surface area contributed by atoms with Crippen LogP contribution >= 0.6 is 46.4 Å². The number of carbonyl (C=O) groups excluding carboxylic acids is 2. The van der Waals surface area contributed by atoms with Crippen molar-refractivity contribution < 1.29 is 19.1 Å². The number of aryl methyl sites for hydroxylation is 2. The van der Waals surface area contributed by atoms with E-state index in [1.165, 1.54) is 7.11 Å². The molecule has 12 rings (SSSR count). The molecule has 0 spiro atoms. The minimum Gasteiger partial charge on any atom is -0.494 e. The standard InChI is InChI=1S/C65H49Cl4N9O4/c1-35-28-39(66)12-26-54(35)77(4)65(80)51-30-37-8-22-47-49-32-41(68)10-24-52(49)70-59(47)57(37)61(63(51)81-6)74-72-43-14-18-45(19-15-43)76(3)46-20-16-44(17-21-46)73-75-62-58-38(9-23-48-50-33-42(69)11-25-53(50)71-60(48)58)31-56(64(62)82-7)78(5,34-79)55-27-13-40(67)29-36(55)2/h8-34H,1-7H3,(H-,70,71,72,73,80)/p+1. The van der Waals surface area contributed by atoms with Gasteiger partial charge in [-0.1, -0.05) is 70.7 Å². The Bertz CT molecular complexity index is 4670. The predicted molar refractivity (Wildman–Crippen MR) is 338 cm³/mol. The summed E-state index contributed by atoms with van der Waals surface area (Å²) in [4.78, 5) is 38.7. The number of amides is 2. The molecule has 1 unspecified atom stereocenters. The summed E-state index contributed by atoms with van der Waals surface area (Å²) < 4.78 is 12.1. The molecule has 2 N–H and O–H groups in total. The van der Waals surface area contributed by atoms with E-state index in [1.807, 2.05) is 178 Å². The molecule has 0 aliphatic rings. The molecule has 406 valence electrons. The highest BCUT2D eigenvalue weighted by Crippen LogP contribution is 2.52. The third kappa shape index (κ3) is 9.30. The second-order valence-electron chi connectivity index (χ2n) is 20.3. The molecule has 2 aromatic heterocycles. The van der Waals surface area contributed by atoms with Crippen LogP contribution < -0.4 is 23.8 Å². The van der Waals surface area contributed by atoms with Crippen LogP contribution in [-0.2, 0) is 4.79 Å². The SMILES string of the molecule is COc1c(C(=O)N(C)c2ccc(Cl)cc2C)cc2ccc3c4cc(Cl)ccc4[nH]c3c2c1N=Nc1ccc(N(C)c2ccc(N=Nc3c(OC)c([N+](C)(C=O)c4ccc(Cl)cc4C)cc4ccc5c6cc(Cl)ccc6[nH]c5c34)cc2)cc1. The van der Waals surface area contributed by atoms with Crippen molar-refractivity contribution in [3.63, 3.8) is 0 Å². The monoisotopic (exact) mass is 1160 g/mol. The van der Waals surface area contributed by atoms with E-state index in [0.717, 1.165) is 99.8 Å². The van der Waals surface area contributed by atoms with Gasteiger partial charge in [0.2, 0.25) is 5.75 Å². The van der Waals surface area contributed by atoms with Crippen molar-refractivity contribution in [3.8, 4) is 11.5 Å². The lowest BCUT2D eigenvalue weighted by Gasteiger charge is -2.29. The first kappa shape index (κ1) is 53.8. The number of rotatable bonds is 13. The van der Waals surface area contributed by atoms with Gasteiger partial charge in [-0.05, 0) is 152 Å². The van der Waals surface area contributed by atoms with E-state index in [4.69, 9.17) is 76.3 Å². The van der Waals surface area contributed by atoms with E-state index in [-0.39, 0.29) is 16.1 Å². The van der Waals surface area contributed by atoms with Crippen molar-refractivity contribution >= 4 is 175 Å². The van der Waals surface area contributed by atoms with E-state index >= 15 is 0 Å². The molecule has 17 heteroatoms. The predicted octanol–water partition coefficient (Wildman–Crippen LogP) is 19.8. The van der Waals surface area contributed by atoms with Gasteiger partial charge in [-0.15, -0.1) is 10.2 Å². The molecule has 82 heavy (non-hydrogen) atoms. The number of halogens is 4. The lowest BCUT2D eigenvalue weighted by Crippen LogP contribution is -2.38. The minimum absolute atomic E-state index is 0.257. The number of fused-ring (bicyclic) bond motifs is 10. The number of hydrogen-bond donors (Lipinski definition) is 2. The molecular weight excluding hydrogens is 1110 g/mol. The van der Waals surface area contributed by atoms with Crippen molar-refractivity contribution in [1.82, 2.24) is 14.5 Å². The molecule has 13 nitrogen and oxygen atoms in total. The molecule has 0 saturated heterocycles. The van der Waals surface area contributed by atoms with Crippen molar-refractivity contribution in [2.75, 3.05) is 45.2 Å². The molecule has 2 heterocycles. The Morgan fingerprint density at radius 2 is 1.00 bits per heavy atom. The normalized spacial score (nSPS) is 12.7. The summed E-state index contributed by atoms with van der Waals surface area (Å²) in [6.45, 7) is 3.83. The molecule has 2 amide bonds. The number of aromatic nitrogens is 2. The van der Waals surface area contributed by atoms with Crippen LogP contribution in [0.2, 0.25) is 20.1 Å². The van der Waals surface area contributed by atoms with Gasteiger partial charge in [-0.25, -0.2) is 4.79 Å². The fourth-order valence-corrected chi connectivity index (χ4v) is 12.0. The van der Waals surface area contributed by atoms with Crippen molar-refractivity contribution in [2.45, 2.75) is 13.8 Å². The number of azo groups is 2. The van der Waals surface area contributed by atoms with Crippen LogP contribution in [0.3, 0.4) is 0 Å². The first-order valence-corrected chi connectivity index (χ1v) is 27.5. The van der Waals surface area contributed by atoms with Crippen LogP contribution in [0.4, 0.5) is 51.2 Å². The second kappa shape index (κ2) is 21.3. The number of aromatic amines is 2. The lowest BCUT2D eigenvalue weighted by molar-refractivity contribution is -0.114. The summed E-state index contributed by atoms with van der Waals surface area (Å²) in [7, 11) is 8.62. The smallest absolute Gasteiger partial charge is 0.311 e. The van der Waals surface area contributed by atoms with Crippen LogP contribution in [0.1, 0.15) is 21.5 Å². The lowest BCUT2D eigenvalue weighted by atomic mass is 9.99. The van der Waals surface area contributed by atoms with Crippen molar-refractivity contribution in [3.05, 3.63) is 195 Å². The number of ether oxygens (including phenoxy) is 2. The third-order valence-corrected chi connectivity index (χ3v) is 16.3. The summed E-state index contributed by atoms with van der Waals surface area (Å²) in [6, 6.07) is 49.6.